The summed E-state index contributed by atoms with van der Waals surface area (Å²) >= 11 is 0. The second kappa shape index (κ2) is 3.35. The molecule has 2 aliphatic rings. The van der Waals surface area contributed by atoms with Crippen molar-refractivity contribution in [2.24, 2.45) is 0 Å². The highest BCUT2D eigenvalue weighted by Gasteiger charge is 2.48. The van der Waals surface area contributed by atoms with Gasteiger partial charge < -0.3 is 14.6 Å². The molecule has 1 aliphatic carbocycles. The molecule has 1 aromatic rings. The molecule has 0 atom stereocenters. The van der Waals surface area contributed by atoms with Gasteiger partial charge in [-0.25, -0.2) is 4.39 Å². The summed E-state index contributed by atoms with van der Waals surface area (Å²) in [4.78, 5) is 11.3. The molecule has 0 bridgehead atoms. The van der Waals surface area contributed by atoms with Crippen LogP contribution in [0.15, 0.2) is 12.1 Å². The van der Waals surface area contributed by atoms with Gasteiger partial charge in [-0.15, -0.1) is 0 Å². The lowest BCUT2D eigenvalue weighted by atomic mass is 9.64. The van der Waals surface area contributed by atoms with Crippen molar-refractivity contribution >= 4 is 5.97 Å². The van der Waals surface area contributed by atoms with E-state index in [-0.39, 0.29) is 12.4 Å². The fraction of sp³-hybridized carbons (Fsp3) is 0.417. The van der Waals surface area contributed by atoms with E-state index in [0.717, 1.165) is 6.42 Å². The Balaban J connectivity index is 2.11. The Morgan fingerprint density at radius 1 is 1.29 bits per heavy atom. The molecule has 5 heteroatoms. The number of fused-ring (bicyclic) bond motifs is 1. The van der Waals surface area contributed by atoms with Crippen molar-refractivity contribution < 1.29 is 23.8 Å². The van der Waals surface area contributed by atoms with Crippen LogP contribution >= 0.6 is 0 Å². The second-order valence-electron chi connectivity index (χ2n) is 4.43. The minimum absolute atomic E-state index is 0.0539. The Kier molecular flexibility index (Phi) is 2.05. The summed E-state index contributed by atoms with van der Waals surface area (Å²) in [6.07, 6.45) is 1.75. The number of halogens is 1. The summed E-state index contributed by atoms with van der Waals surface area (Å²) in [7, 11) is 0. The van der Waals surface area contributed by atoms with Crippen LogP contribution in [0, 0.1) is 5.82 Å². The van der Waals surface area contributed by atoms with Crippen molar-refractivity contribution in [3.05, 3.63) is 23.5 Å². The first-order chi connectivity index (χ1) is 8.13. The number of hydrogen-bond acceptors (Lipinski definition) is 3. The summed E-state index contributed by atoms with van der Waals surface area (Å²) < 4.78 is 24.1. The monoisotopic (exact) mass is 238 g/mol. The first-order valence-corrected chi connectivity index (χ1v) is 5.46. The highest BCUT2D eigenvalue weighted by molar-refractivity contribution is 5.83. The lowest BCUT2D eigenvalue weighted by Gasteiger charge is -2.38. The predicted octanol–water partition coefficient (Wildman–Crippen LogP) is 2.06. The fourth-order valence-corrected chi connectivity index (χ4v) is 2.41. The number of carboxylic acids is 1. The Hall–Kier alpha value is -1.78. The van der Waals surface area contributed by atoms with Crippen molar-refractivity contribution in [3.63, 3.8) is 0 Å². The summed E-state index contributed by atoms with van der Waals surface area (Å²) in [6.45, 7) is 0.0539. The lowest BCUT2D eigenvalue weighted by molar-refractivity contribution is -0.147. The Labute approximate surface area is 97.0 Å². The van der Waals surface area contributed by atoms with Crippen LogP contribution in [0.5, 0.6) is 11.5 Å². The molecular weight excluding hydrogens is 227 g/mol. The van der Waals surface area contributed by atoms with Gasteiger partial charge in [0.2, 0.25) is 6.79 Å². The number of hydrogen-bond donors (Lipinski definition) is 1. The van der Waals surface area contributed by atoms with Crippen LogP contribution in [-0.4, -0.2) is 17.9 Å². The van der Waals surface area contributed by atoms with Gasteiger partial charge in [0, 0.05) is 11.6 Å². The number of benzene rings is 1. The zero-order valence-corrected chi connectivity index (χ0v) is 9.03. The number of rotatable bonds is 2. The molecule has 0 amide bonds. The van der Waals surface area contributed by atoms with Gasteiger partial charge in [0.15, 0.2) is 11.5 Å². The first kappa shape index (κ1) is 10.4. The van der Waals surface area contributed by atoms with Crippen LogP contribution in [0.25, 0.3) is 0 Å². The van der Waals surface area contributed by atoms with Gasteiger partial charge in [0.1, 0.15) is 5.82 Å². The third kappa shape index (κ3) is 1.31. The molecule has 0 spiro atoms. The second-order valence-corrected chi connectivity index (χ2v) is 4.43. The van der Waals surface area contributed by atoms with Crippen molar-refractivity contribution in [2.75, 3.05) is 6.79 Å². The minimum Gasteiger partial charge on any atom is -0.481 e. The molecule has 90 valence electrons. The Morgan fingerprint density at radius 3 is 2.47 bits per heavy atom. The maximum Gasteiger partial charge on any atom is 0.314 e. The first-order valence-electron chi connectivity index (χ1n) is 5.46. The molecule has 1 fully saturated rings. The van der Waals surface area contributed by atoms with Gasteiger partial charge in [-0.3, -0.25) is 4.79 Å². The van der Waals surface area contributed by atoms with Crippen molar-refractivity contribution in [3.8, 4) is 11.5 Å². The van der Waals surface area contributed by atoms with Gasteiger partial charge in [-0.05, 0) is 18.9 Å². The molecule has 0 aromatic heterocycles. The van der Waals surface area contributed by atoms with E-state index in [1.165, 1.54) is 12.1 Å². The van der Waals surface area contributed by atoms with E-state index in [1.54, 1.807) is 0 Å². The molecule has 3 rings (SSSR count). The number of carbonyl (C=O) groups is 1. The van der Waals surface area contributed by atoms with Crippen LogP contribution in [0.4, 0.5) is 4.39 Å². The highest BCUT2D eigenvalue weighted by atomic mass is 19.1. The van der Waals surface area contributed by atoms with Crippen molar-refractivity contribution in [2.45, 2.75) is 24.7 Å². The number of aliphatic carboxylic acids is 1. The fourth-order valence-electron chi connectivity index (χ4n) is 2.41. The molecule has 1 N–H and O–H groups in total. The molecule has 1 heterocycles. The quantitative estimate of drug-likeness (QED) is 0.856. The average molecular weight is 238 g/mol. The van der Waals surface area contributed by atoms with E-state index in [2.05, 4.69) is 0 Å². The summed E-state index contributed by atoms with van der Waals surface area (Å²) in [6, 6.07) is 2.67. The predicted molar refractivity (Wildman–Crippen MR) is 55.7 cm³/mol. The minimum atomic E-state index is -1.08. The summed E-state index contributed by atoms with van der Waals surface area (Å²) in [5, 5.41) is 9.27. The molecule has 17 heavy (non-hydrogen) atoms. The van der Waals surface area contributed by atoms with E-state index < -0.39 is 17.2 Å². The molecule has 1 aliphatic heterocycles. The Morgan fingerprint density at radius 2 is 1.94 bits per heavy atom. The normalized spacial score (nSPS) is 19.8. The molecular formula is C12H11FO4. The topological polar surface area (TPSA) is 55.8 Å². The SMILES string of the molecule is O=C(O)C1(c2cc3c(cc2F)OCO3)CCC1. The smallest absolute Gasteiger partial charge is 0.314 e. The molecule has 0 unspecified atom stereocenters. The third-order valence-electron chi connectivity index (χ3n) is 3.59. The molecule has 1 saturated carbocycles. The number of ether oxygens (including phenoxy) is 2. The maximum absolute atomic E-state index is 13.9. The summed E-state index contributed by atoms with van der Waals surface area (Å²) in [5.41, 5.74) is -0.870. The maximum atomic E-state index is 13.9. The van der Waals surface area contributed by atoms with Crippen LogP contribution in [0.2, 0.25) is 0 Å². The summed E-state index contributed by atoms with van der Waals surface area (Å²) in [5.74, 6) is -0.738. The van der Waals surface area contributed by atoms with Crippen molar-refractivity contribution in [1.82, 2.24) is 0 Å². The molecule has 0 saturated heterocycles. The zero-order chi connectivity index (χ0) is 12.0. The van der Waals surface area contributed by atoms with Crippen LogP contribution in [0.3, 0.4) is 0 Å². The van der Waals surface area contributed by atoms with E-state index in [4.69, 9.17) is 9.47 Å². The van der Waals surface area contributed by atoms with Gasteiger partial charge >= 0.3 is 5.97 Å². The van der Waals surface area contributed by atoms with E-state index in [9.17, 15) is 14.3 Å². The third-order valence-corrected chi connectivity index (χ3v) is 3.59. The van der Waals surface area contributed by atoms with Crippen LogP contribution < -0.4 is 9.47 Å². The van der Waals surface area contributed by atoms with Crippen LogP contribution in [-0.2, 0) is 10.2 Å². The van der Waals surface area contributed by atoms with Gasteiger partial charge in [0.25, 0.3) is 0 Å². The number of carboxylic acid groups (broad SMARTS) is 1. The molecule has 0 radical (unpaired) electrons. The molecule has 1 aromatic carbocycles. The zero-order valence-electron chi connectivity index (χ0n) is 9.03. The lowest BCUT2D eigenvalue weighted by Crippen LogP contribution is -2.43. The van der Waals surface area contributed by atoms with E-state index in [1.807, 2.05) is 0 Å². The van der Waals surface area contributed by atoms with Crippen LogP contribution in [0.1, 0.15) is 24.8 Å². The van der Waals surface area contributed by atoms with E-state index in [0.29, 0.717) is 24.3 Å². The van der Waals surface area contributed by atoms with Gasteiger partial charge in [-0.2, -0.15) is 0 Å². The highest BCUT2D eigenvalue weighted by Crippen LogP contribution is 2.48. The van der Waals surface area contributed by atoms with Crippen molar-refractivity contribution in [1.29, 1.82) is 0 Å². The van der Waals surface area contributed by atoms with E-state index >= 15 is 0 Å². The standard InChI is InChI=1S/C12H11FO4/c13-8-5-10-9(16-6-17-10)4-7(8)12(11(14)15)2-1-3-12/h4-5H,1-3,6H2,(H,14,15). The Bertz CT molecular complexity index is 494. The molecule has 4 nitrogen and oxygen atoms in total. The largest absolute Gasteiger partial charge is 0.481 e. The van der Waals surface area contributed by atoms with Gasteiger partial charge in [0.05, 0.1) is 5.41 Å². The van der Waals surface area contributed by atoms with Gasteiger partial charge in [-0.1, -0.05) is 6.42 Å². The average Bonchev–Trinajstić information content (AvgIpc) is 2.62.